The molecule has 0 saturated carbocycles. The number of carbonyl (C=O) groups excluding carboxylic acids is 1. The number of carbonyl (C=O) groups is 1. The van der Waals surface area contributed by atoms with Gasteiger partial charge < -0.3 is 14.5 Å². The standard InChI is InChI=1S/C21H27ClN2O2/c1-23(2)13-14-24(16-18-7-10-19(22)11-8-18)21(25)12-9-17-5-4-6-20(15-17)26-3/h4-8,10-11,15H,9,12-14,16H2,1-3H3. The molecule has 5 heteroatoms. The largest absolute Gasteiger partial charge is 0.497 e. The second-order valence-corrected chi connectivity index (χ2v) is 7.03. The Kier molecular flexibility index (Phi) is 7.95. The summed E-state index contributed by atoms with van der Waals surface area (Å²) in [7, 11) is 5.68. The van der Waals surface area contributed by atoms with E-state index < -0.39 is 0 Å². The van der Waals surface area contributed by atoms with Gasteiger partial charge in [0.2, 0.25) is 5.91 Å². The predicted molar refractivity (Wildman–Crippen MR) is 107 cm³/mol. The third-order valence-corrected chi connectivity index (χ3v) is 4.47. The van der Waals surface area contributed by atoms with Crippen LogP contribution in [0.1, 0.15) is 17.5 Å². The number of aryl methyl sites for hydroxylation is 1. The van der Waals surface area contributed by atoms with E-state index >= 15 is 0 Å². The number of ether oxygens (including phenoxy) is 1. The molecule has 2 aromatic rings. The fraction of sp³-hybridized carbons (Fsp3) is 0.381. The molecule has 0 atom stereocenters. The number of amides is 1. The molecule has 0 aromatic heterocycles. The van der Waals surface area contributed by atoms with Crippen molar-refractivity contribution in [3.8, 4) is 5.75 Å². The molecule has 0 aliphatic heterocycles. The van der Waals surface area contributed by atoms with E-state index in [-0.39, 0.29) is 5.91 Å². The first-order valence-electron chi connectivity index (χ1n) is 8.78. The summed E-state index contributed by atoms with van der Waals surface area (Å²) in [5.41, 5.74) is 2.19. The van der Waals surface area contributed by atoms with Gasteiger partial charge in [0.15, 0.2) is 0 Å². The average molecular weight is 375 g/mol. The van der Waals surface area contributed by atoms with Crippen molar-refractivity contribution in [2.45, 2.75) is 19.4 Å². The van der Waals surface area contributed by atoms with Crippen molar-refractivity contribution in [2.75, 3.05) is 34.3 Å². The van der Waals surface area contributed by atoms with Crippen LogP contribution in [-0.2, 0) is 17.8 Å². The average Bonchev–Trinajstić information content (AvgIpc) is 2.64. The number of nitrogens with zero attached hydrogens (tertiary/aromatic N) is 2. The molecule has 140 valence electrons. The Morgan fingerprint density at radius 2 is 1.77 bits per heavy atom. The van der Waals surface area contributed by atoms with Gasteiger partial charge in [0.25, 0.3) is 0 Å². The summed E-state index contributed by atoms with van der Waals surface area (Å²) in [4.78, 5) is 16.8. The van der Waals surface area contributed by atoms with E-state index in [1.54, 1.807) is 7.11 Å². The number of halogens is 1. The summed E-state index contributed by atoms with van der Waals surface area (Å²) in [6, 6.07) is 15.5. The number of methoxy groups -OCH3 is 1. The van der Waals surface area contributed by atoms with Gasteiger partial charge in [-0.15, -0.1) is 0 Å². The van der Waals surface area contributed by atoms with Gasteiger partial charge in [0.05, 0.1) is 7.11 Å². The highest BCUT2D eigenvalue weighted by molar-refractivity contribution is 6.30. The van der Waals surface area contributed by atoms with Gasteiger partial charge in [-0.05, 0) is 55.9 Å². The van der Waals surface area contributed by atoms with E-state index in [4.69, 9.17) is 16.3 Å². The van der Waals surface area contributed by atoms with E-state index in [0.717, 1.165) is 23.4 Å². The fourth-order valence-corrected chi connectivity index (χ4v) is 2.79. The van der Waals surface area contributed by atoms with Crippen LogP contribution in [0.4, 0.5) is 0 Å². The molecule has 0 radical (unpaired) electrons. The zero-order valence-electron chi connectivity index (χ0n) is 15.7. The molecular weight excluding hydrogens is 348 g/mol. The maximum atomic E-state index is 12.8. The normalized spacial score (nSPS) is 10.8. The monoisotopic (exact) mass is 374 g/mol. The number of hydrogen-bond donors (Lipinski definition) is 0. The van der Waals surface area contributed by atoms with Gasteiger partial charge in [-0.25, -0.2) is 0 Å². The summed E-state index contributed by atoms with van der Waals surface area (Å²) < 4.78 is 5.25. The Labute approximate surface area is 161 Å². The molecule has 2 aromatic carbocycles. The van der Waals surface area contributed by atoms with Gasteiger partial charge >= 0.3 is 0 Å². The van der Waals surface area contributed by atoms with Crippen LogP contribution in [0.25, 0.3) is 0 Å². The molecule has 0 heterocycles. The maximum absolute atomic E-state index is 12.8. The van der Waals surface area contributed by atoms with Gasteiger partial charge in [0, 0.05) is 31.1 Å². The lowest BCUT2D eigenvalue weighted by atomic mass is 10.1. The van der Waals surface area contributed by atoms with Crippen LogP contribution in [0.3, 0.4) is 0 Å². The SMILES string of the molecule is COc1cccc(CCC(=O)N(CCN(C)C)Cc2ccc(Cl)cc2)c1. The molecule has 0 bridgehead atoms. The van der Waals surface area contributed by atoms with Gasteiger partial charge in [-0.3, -0.25) is 4.79 Å². The highest BCUT2D eigenvalue weighted by Gasteiger charge is 2.14. The molecule has 0 saturated heterocycles. The third kappa shape index (κ3) is 6.70. The van der Waals surface area contributed by atoms with Crippen LogP contribution in [0.2, 0.25) is 5.02 Å². The Morgan fingerprint density at radius 1 is 1.04 bits per heavy atom. The van der Waals surface area contributed by atoms with Gasteiger partial charge in [-0.1, -0.05) is 35.9 Å². The first-order chi connectivity index (χ1) is 12.5. The van der Waals surface area contributed by atoms with Gasteiger partial charge in [0.1, 0.15) is 5.75 Å². The first kappa shape index (κ1) is 20.3. The van der Waals surface area contributed by atoms with Crippen molar-refractivity contribution in [3.05, 3.63) is 64.7 Å². The fourth-order valence-electron chi connectivity index (χ4n) is 2.66. The Balaban J connectivity index is 2.00. The molecule has 1 amide bonds. The molecule has 2 rings (SSSR count). The van der Waals surface area contributed by atoms with E-state index in [1.807, 2.05) is 67.5 Å². The minimum Gasteiger partial charge on any atom is -0.497 e. The number of rotatable bonds is 9. The molecule has 0 N–H and O–H groups in total. The van der Waals surface area contributed by atoms with Crippen molar-refractivity contribution in [1.29, 1.82) is 0 Å². The minimum atomic E-state index is 0.157. The van der Waals surface area contributed by atoms with Gasteiger partial charge in [-0.2, -0.15) is 0 Å². The zero-order valence-corrected chi connectivity index (χ0v) is 16.5. The minimum absolute atomic E-state index is 0.157. The number of likely N-dealkylation sites (N-methyl/N-ethyl adjacent to an activating group) is 1. The highest BCUT2D eigenvalue weighted by Crippen LogP contribution is 2.16. The third-order valence-electron chi connectivity index (χ3n) is 4.22. The van der Waals surface area contributed by atoms with Crippen molar-refractivity contribution < 1.29 is 9.53 Å². The molecule has 4 nitrogen and oxygen atoms in total. The van der Waals surface area contributed by atoms with E-state index in [1.165, 1.54) is 0 Å². The van der Waals surface area contributed by atoms with Crippen LogP contribution < -0.4 is 4.74 Å². The second-order valence-electron chi connectivity index (χ2n) is 6.60. The van der Waals surface area contributed by atoms with E-state index in [0.29, 0.717) is 31.0 Å². The predicted octanol–water partition coefficient (Wildman–Crippen LogP) is 3.87. The number of hydrogen-bond acceptors (Lipinski definition) is 3. The van der Waals surface area contributed by atoms with Crippen LogP contribution >= 0.6 is 11.6 Å². The van der Waals surface area contributed by atoms with Crippen LogP contribution in [0.5, 0.6) is 5.75 Å². The molecule has 0 unspecified atom stereocenters. The van der Waals surface area contributed by atoms with Crippen LogP contribution in [0, 0.1) is 0 Å². The lowest BCUT2D eigenvalue weighted by Gasteiger charge is -2.25. The Morgan fingerprint density at radius 3 is 2.42 bits per heavy atom. The topological polar surface area (TPSA) is 32.8 Å². The highest BCUT2D eigenvalue weighted by atomic mass is 35.5. The smallest absolute Gasteiger partial charge is 0.223 e. The van der Waals surface area contributed by atoms with Crippen molar-refractivity contribution >= 4 is 17.5 Å². The van der Waals surface area contributed by atoms with Crippen LogP contribution in [0.15, 0.2) is 48.5 Å². The van der Waals surface area contributed by atoms with Crippen molar-refractivity contribution in [3.63, 3.8) is 0 Å². The summed E-state index contributed by atoms with van der Waals surface area (Å²) in [5.74, 6) is 0.977. The van der Waals surface area contributed by atoms with E-state index in [9.17, 15) is 4.79 Å². The lowest BCUT2D eigenvalue weighted by molar-refractivity contribution is -0.131. The Bertz CT molecular complexity index is 701. The second kappa shape index (κ2) is 10.2. The van der Waals surface area contributed by atoms with E-state index in [2.05, 4.69) is 4.90 Å². The Hall–Kier alpha value is -2.04. The maximum Gasteiger partial charge on any atom is 0.223 e. The molecule has 0 spiro atoms. The van der Waals surface area contributed by atoms with Crippen LogP contribution in [-0.4, -0.2) is 50.0 Å². The van der Waals surface area contributed by atoms with Crippen molar-refractivity contribution in [1.82, 2.24) is 9.80 Å². The first-order valence-corrected chi connectivity index (χ1v) is 9.15. The zero-order chi connectivity index (χ0) is 18.9. The summed E-state index contributed by atoms with van der Waals surface area (Å²) in [6.07, 6.45) is 1.18. The molecule has 0 aliphatic carbocycles. The quantitative estimate of drug-likeness (QED) is 0.668. The molecule has 26 heavy (non-hydrogen) atoms. The summed E-state index contributed by atoms with van der Waals surface area (Å²) in [5, 5.41) is 0.706. The lowest BCUT2D eigenvalue weighted by Crippen LogP contribution is -2.36. The molecule has 0 aliphatic rings. The number of benzene rings is 2. The molecule has 0 fully saturated rings. The molecular formula is C21H27ClN2O2. The van der Waals surface area contributed by atoms with Crippen molar-refractivity contribution in [2.24, 2.45) is 0 Å². The summed E-state index contributed by atoms with van der Waals surface area (Å²) >= 11 is 5.96. The summed E-state index contributed by atoms with van der Waals surface area (Å²) in [6.45, 7) is 2.13.